The van der Waals surface area contributed by atoms with E-state index in [1.165, 1.54) is 0 Å². The highest BCUT2D eigenvalue weighted by molar-refractivity contribution is 6.07. The standard InChI is InChI=1S/C17H15N5O/c1-10(23)14-9-21(2)15-4-3-11(7-13(14)15)12-5-6-22-16(8-12)19-17(18)20-22/h3-9H,1-2H3,(H2,18,20). The summed E-state index contributed by atoms with van der Waals surface area (Å²) in [6.07, 6.45) is 3.70. The van der Waals surface area contributed by atoms with Gasteiger partial charge in [-0.05, 0) is 42.3 Å². The number of Topliss-reactive ketones (excluding diaryl/α,β-unsaturated/α-hetero) is 1. The van der Waals surface area contributed by atoms with Crippen LogP contribution >= 0.6 is 0 Å². The first-order valence-electron chi connectivity index (χ1n) is 7.25. The van der Waals surface area contributed by atoms with E-state index in [4.69, 9.17) is 5.73 Å². The van der Waals surface area contributed by atoms with Gasteiger partial charge in [0, 0.05) is 35.9 Å². The third-order valence-corrected chi connectivity index (χ3v) is 4.06. The summed E-state index contributed by atoms with van der Waals surface area (Å²) in [5.41, 5.74) is 10.1. The quantitative estimate of drug-likeness (QED) is 0.577. The lowest BCUT2D eigenvalue weighted by molar-refractivity contribution is 0.101. The Morgan fingerprint density at radius 2 is 1.96 bits per heavy atom. The molecule has 0 amide bonds. The van der Waals surface area contributed by atoms with Gasteiger partial charge < -0.3 is 10.3 Å². The lowest BCUT2D eigenvalue weighted by Crippen LogP contribution is -1.90. The van der Waals surface area contributed by atoms with E-state index in [1.54, 1.807) is 11.4 Å². The lowest BCUT2D eigenvalue weighted by Gasteiger charge is -2.04. The number of aryl methyl sites for hydroxylation is 1. The highest BCUT2D eigenvalue weighted by Gasteiger charge is 2.12. The Hall–Kier alpha value is -3.15. The number of carbonyl (C=O) groups excluding carboxylic acids is 1. The second-order valence-electron chi connectivity index (χ2n) is 5.63. The van der Waals surface area contributed by atoms with Crippen molar-refractivity contribution in [3.63, 3.8) is 0 Å². The van der Waals surface area contributed by atoms with Crippen LogP contribution in [0.25, 0.3) is 27.7 Å². The zero-order valence-electron chi connectivity index (χ0n) is 12.8. The molecule has 0 fully saturated rings. The summed E-state index contributed by atoms with van der Waals surface area (Å²) in [6.45, 7) is 1.59. The van der Waals surface area contributed by atoms with Crippen molar-refractivity contribution in [3.05, 3.63) is 48.3 Å². The van der Waals surface area contributed by atoms with Crippen molar-refractivity contribution in [2.45, 2.75) is 6.92 Å². The SMILES string of the molecule is CC(=O)c1cn(C)c2ccc(-c3ccn4nc(N)nc4c3)cc12. The van der Waals surface area contributed by atoms with Crippen molar-refractivity contribution >= 4 is 28.3 Å². The van der Waals surface area contributed by atoms with Gasteiger partial charge in [0.25, 0.3) is 0 Å². The van der Waals surface area contributed by atoms with Crippen LogP contribution in [0.15, 0.2) is 42.7 Å². The van der Waals surface area contributed by atoms with E-state index < -0.39 is 0 Å². The molecule has 0 aliphatic carbocycles. The van der Waals surface area contributed by atoms with Gasteiger partial charge in [-0.2, -0.15) is 4.98 Å². The predicted octanol–water partition coefficient (Wildman–Crippen LogP) is 2.67. The number of carbonyl (C=O) groups is 1. The number of nitrogens with zero attached hydrogens (tertiary/aromatic N) is 4. The fraction of sp³-hybridized carbons (Fsp3) is 0.118. The van der Waals surface area contributed by atoms with Gasteiger partial charge in [-0.1, -0.05) is 6.07 Å². The summed E-state index contributed by atoms with van der Waals surface area (Å²) in [5.74, 6) is 0.313. The first-order chi connectivity index (χ1) is 11.0. The van der Waals surface area contributed by atoms with Crippen molar-refractivity contribution in [1.82, 2.24) is 19.2 Å². The third-order valence-electron chi connectivity index (χ3n) is 4.06. The molecule has 4 rings (SSSR count). The summed E-state index contributed by atoms with van der Waals surface area (Å²) in [4.78, 5) is 16.0. The number of hydrogen-bond acceptors (Lipinski definition) is 4. The molecule has 23 heavy (non-hydrogen) atoms. The van der Waals surface area contributed by atoms with Crippen molar-refractivity contribution in [2.24, 2.45) is 7.05 Å². The van der Waals surface area contributed by atoms with Crippen LogP contribution in [0.5, 0.6) is 0 Å². The Balaban J connectivity index is 1.93. The Morgan fingerprint density at radius 3 is 2.74 bits per heavy atom. The van der Waals surface area contributed by atoms with Gasteiger partial charge in [0.2, 0.25) is 5.95 Å². The summed E-state index contributed by atoms with van der Waals surface area (Å²) in [7, 11) is 1.94. The van der Waals surface area contributed by atoms with Crippen LogP contribution in [0.2, 0.25) is 0 Å². The molecule has 0 spiro atoms. The number of hydrogen-bond donors (Lipinski definition) is 1. The van der Waals surface area contributed by atoms with E-state index in [-0.39, 0.29) is 11.7 Å². The molecule has 0 bridgehead atoms. The van der Waals surface area contributed by atoms with Crippen LogP contribution in [0.1, 0.15) is 17.3 Å². The van der Waals surface area contributed by atoms with Crippen molar-refractivity contribution in [3.8, 4) is 11.1 Å². The molecule has 6 nitrogen and oxygen atoms in total. The topological polar surface area (TPSA) is 78.2 Å². The zero-order valence-corrected chi connectivity index (χ0v) is 12.8. The molecule has 6 heteroatoms. The maximum atomic E-state index is 11.8. The molecule has 0 aliphatic heterocycles. The first-order valence-corrected chi connectivity index (χ1v) is 7.25. The van der Waals surface area contributed by atoms with Gasteiger partial charge >= 0.3 is 0 Å². The van der Waals surface area contributed by atoms with E-state index >= 15 is 0 Å². The molecule has 0 atom stereocenters. The van der Waals surface area contributed by atoms with Crippen molar-refractivity contribution < 1.29 is 4.79 Å². The normalized spacial score (nSPS) is 11.4. The number of ketones is 1. The minimum atomic E-state index is 0.0634. The van der Waals surface area contributed by atoms with Gasteiger partial charge in [0.1, 0.15) is 0 Å². The van der Waals surface area contributed by atoms with Gasteiger partial charge in [0.15, 0.2) is 11.4 Å². The monoisotopic (exact) mass is 305 g/mol. The molecular weight excluding hydrogens is 290 g/mol. The van der Waals surface area contributed by atoms with Crippen LogP contribution in [0.3, 0.4) is 0 Å². The Morgan fingerprint density at radius 1 is 1.17 bits per heavy atom. The van der Waals surface area contributed by atoms with Crippen LogP contribution in [-0.4, -0.2) is 24.9 Å². The van der Waals surface area contributed by atoms with Crippen LogP contribution < -0.4 is 5.73 Å². The highest BCUT2D eigenvalue weighted by atomic mass is 16.1. The number of anilines is 1. The molecule has 0 saturated carbocycles. The summed E-state index contributed by atoms with van der Waals surface area (Å²) in [6, 6.07) is 9.99. The van der Waals surface area contributed by atoms with Gasteiger partial charge in [0.05, 0.1) is 0 Å². The number of fused-ring (bicyclic) bond motifs is 2. The average Bonchev–Trinajstić information content (AvgIpc) is 3.05. The van der Waals surface area contributed by atoms with Crippen LogP contribution in [0.4, 0.5) is 5.95 Å². The molecule has 4 aromatic rings. The van der Waals surface area contributed by atoms with E-state index in [9.17, 15) is 4.79 Å². The number of aromatic nitrogens is 4. The van der Waals surface area contributed by atoms with Gasteiger partial charge in [-0.25, -0.2) is 4.52 Å². The van der Waals surface area contributed by atoms with Crippen molar-refractivity contribution in [1.29, 1.82) is 0 Å². The van der Waals surface area contributed by atoms with Gasteiger partial charge in [-0.15, -0.1) is 5.10 Å². The number of benzene rings is 1. The number of nitrogens with two attached hydrogens (primary N) is 1. The Kier molecular flexibility index (Phi) is 2.74. The predicted molar refractivity (Wildman–Crippen MR) is 89.3 cm³/mol. The molecule has 2 N–H and O–H groups in total. The molecule has 1 aromatic carbocycles. The smallest absolute Gasteiger partial charge is 0.240 e. The summed E-state index contributed by atoms with van der Waals surface area (Å²) < 4.78 is 3.61. The van der Waals surface area contributed by atoms with E-state index in [0.717, 1.165) is 27.6 Å². The summed E-state index contributed by atoms with van der Waals surface area (Å²) >= 11 is 0. The van der Waals surface area contributed by atoms with E-state index in [2.05, 4.69) is 10.1 Å². The maximum Gasteiger partial charge on any atom is 0.240 e. The molecule has 114 valence electrons. The Labute approximate surface area is 132 Å². The molecular formula is C17H15N5O. The molecule has 0 aliphatic rings. The second-order valence-corrected chi connectivity index (χ2v) is 5.63. The largest absolute Gasteiger partial charge is 0.366 e. The third kappa shape index (κ3) is 2.07. The lowest BCUT2D eigenvalue weighted by atomic mass is 10.0. The number of pyridine rings is 1. The molecule has 3 aromatic heterocycles. The highest BCUT2D eigenvalue weighted by Crippen LogP contribution is 2.28. The minimum absolute atomic E-state index is 0.0634. The zero-order chi connectivity index (χ0) is 16.1. The minimum Gasteiger partial charge on any atom is -0.366 e. The molecule has 3 heterocycles. The average molecular weight is 305 g/mol. The van der Waals surface area contributed by atoms with Crippen molar-refractivity contribution in [2.75, 3.05) is 5.73 Å². The van der Waals surface area contributed by atoms with Crippen LogP contribution in [0, 0.1) is 0 Å². The van der Waals surface area contributed by atoms with Gasteiger partial charge in [-0.3, -0.25) is 4.79 Å². The Bertz CT molecular complexity index is 1070. The number of nitrogen functional groups attached to an aromatic ring is 1. The maximum absolute atomic E-state index is 11.8. The fourth-order valence-electron chi connectivity index (χ4n) is 2.93. The molecule has 0 saturated heterocycles. The summed E-state index contributed by atoms with van der Waals surface area (Å²) in [5, 5.41) is 5.03. The first kappa shape index (κ1) is 13.5. The fourth-order valence-corrected chi connectivity index (χ4v) is 2.93. The molecule has 0 unspecified atom stereocenters. The molecule has 0 radical (unpaired) electrons. The van der Waals surface area contributed by atoms with E-state index in [1.807, 2.05) is 54.3 Å². The second kappa shape index (κ2) is 4.67. The number of rotatable bonds is 2. The van der Waals surface area contributed by atoms with E-state index in [0.29, 0.717) is 5.65 Å². The van der Waals surface area contributed by atoms with Crippen LogP contribution in [-0.2, 0) is 7.05 Å².